The number of carbonyl (C=O) groups excluding carboxylic acids is 2. The number of thioether (sulfide) groups is 1. The zero-order valence-electron chi connectivity index (χ0n) is 15.8. The highest BCUT2D eigenvalue weighted by atomic mass is 32.2. The number of alkyl carbamates (subject to hydrolysis) is 1. The van der Waals surface area contributed by atoms with Crippen LogP contribution in [0.1, 0.15) is 31.1 Å². The van der Waals surface area contributed by atoms with E-state index in [4.69, 9.17) is 15.2 Å². The van der Waals surface area contributed by atoms with Crippen LogP contribution in [0.2, 0.25) is 0 Å². The number of ether oxygens (including phenoxy) is 2. The number of nitrogens with one attached hydrogen (secondary N) is 2. The van der Waals surface area contributed by atoms with Crippen LogP contribution in [-0.4, -0.2) is 44.1 Å². The van der Waals surface area contributed by atoms with Crippen molar-refractivity contribution in [3.63, 3.8) is 0 Å². The van der Waals surface area contributed by atoms with Gasteiger partial charge >= 0.3 is 12.1 Å². The Morgan fingerprint density at radius 3 is 2.46 bits per heavy atom. The van der Waals surface area contributed by atoms with Crippen LogP contribution in [0.3, 0.4) is 0 Å². The molecule has 4 N–H and O–H groups in total. The molecule has 0 unspecified atom stereocenters. The summed E-state index contributed by atoms with van der Waals surface area (Å²) in [5, 5.41) is 5.86. The lowest BCUT2D eigenvalue weighted by atomic mass is 10.1. The van der Waals surface area contributed by atoms with Crippen LogP contribution in [0.4, 0.5) is 16.2 Å². The summed E-state index contributed by atoms with van der Waals surface area (Å²) < 4.78 is 9.87. The van der Waals surface area contributed by atoms with E-state index in [0.29, 0.717) is 24.3 Å². The summed E-state index contributed by atoms with van der Waals surface area (Å²) in [5.41, 5.74) is 7.17. The molecule has 0 aromatic heterocycles. The van der Waals surface area contributed by atoms with Gasteiger partial charge in [-0.25, -0.2) is 9.59 Å². The number of anilines is 2. The molecular weight excluding hydrogens is 354 g/mol. The van der Waals surface area contributed by atoms with Crippen molar-refractivity contribution in [1.82, 2.24) is 5.32 Å². The van der Waals surface area contributed by atoms with E-state index in [1.165, 1.54) is 18.9 Å². The third-order valence-corrected chi connectivity index (χ3v) is 3.86. The SMILES string of the molecule is COC(=O)c1cc(N)c(NC/C=C/CNC(=O)OC(C)(C)C)c(SC)c1. The van der Waals surface area contributed by atoms with Gasteiger partial charge in [-0.15, -0.1) is 11.8 Å². The minimum Gasteiger partial charge on any atom is -0.465 e. The minimum absolute atomic E-state index is 0.364. The third kappa shape index (κ3) is 7.26. The molecule has 26 heavy (non-hydrogen) atoms. The van der Waals surface area contributed by atoms with Gasteiger partial charge in [-0.1, -0.05) is 12.2 Å². The second-order valence-corrected chi connectivity index (χ2v) is 7.22. The summed E-state index contributed by atoms with van der Waals surface area (Å²) in [7, 11) is 1.33. The molecule has 0 aliphatic rings. The Bertz CT molecular complexity index is 669. The topological polar surface area (TPSA) is 103 Å². The van der Waals surface area contributed by atoms with E-state index in [2.05, 4.69) is 10.6 Å². The minimum atomic E-state index is -0.516. The Labute approximate surface area is 158 Å². The normalized spacial score (nSPS) is 11.3. The molecule has 0 bridgehead atoms. The monoisotopic (exact) mass is 381 g/mol. The Morgan fingerprint density at radius 2 is 1.88 bits per heavy atom. The fraction of sp³-hybridized carbons (Fsp3) is 0.444. The van der Waals surface area contributed by atoms with Gasteiger partial charge in [0, 0.05) is 18.0 Å². The van der Waals surface area contributed by atoms with Gasteiger partial charge in [-0.05, 0) is 39.2 Å². The first-order valence-electron chi connectivity index (χ1n) is 8.09. The average Bonchev–Trinajstić information content (AvgIpc) is 2.56. The first-order chi connectivity index (χ1) is 12.2. The molecule has 0 saturated carbocycles. The summed E-state index contributed by atoms with van der Waals surface area (Å²) in [6.45, 7) is 6.32. The molecule has 8 heteroatoms. The maximum Gasteiger partial charge on any atom is 0.407 e. The van der Waals surface area contributed by atoms with Crippen molar-refractivity contribution in [2.45, 2.75) is 31.3 Å². The quantitative estimate of drug-likeness (QED) is 0.288. The van der Waals surface area contributed by atoms with Gasteiger partial charge in [0.25, 0.3) is 0 Å². The summed E-state index contributed by atoms with van der Waals surface area (Å²) >= 11 is 1.48. The number of amides is 1. The number of carbonyl (C=O) groups is 2. The van der Waals surface area contributed by atoms with E-state index in [1.807, 2.05) is 39.2 Å². The first-order valence-corrected chi connectivity index (χ1v) is 9.32. The number of hydrogen-bond acceptors (Lipinski definition) is 7. The molecule has 0 fully saturated rings. The molecule has 0 radical (unpaired) electrons. The molecule has 0 spiro atoms. The van der Waals surface area contributed by atoms with Crippen LogP contribution in [0.25, 0.3) is 0 Å². The largest absolute Gasteiger partial charge is 0.465 e. The molecule has 0 atom stereocenters. The number of benzene rings is 1. The Kier molecular flexibility index (Phi) is 8.31. The smallest absolute Gasteiger partial charge is 0.407 e. The molecule has 1 aromatic carbocycles. The summed E-state index contributed by atoms with van der Waals surface area (Å²) in [5.74, 6) is -0.424. The molecule has 1 aromatic rings. The van der Waals surface area contributed by atoms with Crippen LogP contribution in [0.5, 0.6) is 0 Å². The van der Waals surface area contributed by atoms with E-state index in [-0.39, 0.29) is 0 Å². The van der Waals surface area contributed by atoms with Crippen molar-refractivity contribution >= 4 is 35.2 Å². The van der Waals surface area contributed by atoms with Gasteiger partial charge in [0.15, 0.2) is 0 Å². The van der Waals surface area contributed by atoms with Gasteiger partial charge in [-0.3, -0.25) is 0 Å². The standard InChI is InChI=1S/C18H27N3O4S/c1-18(2,3)25-17(23)21-9-7-6-8-20-15-13(19)10-12(16(22)24-4)11-14(15)26-5/h6-7,10-11,20H,8-9,19H2,1-5H3,(H,21,23)/b7-6+. The lowest BCUT2D eigenvalue weighted by Crippen LogP contribution is -2.32. The highest BCUT2D eigenvalue weighted by Crippen LogP contribution is 2.32. The zero-order valence-corrected chi connectivity index (χ0v) is 16.7. The third-order valence-electron chi connectivity index (χ3n) is 3.10. The number of nitrogens with two attached hydrogens (primary N) is 1. The predicted octanol–water partition coefficient (Wildman–Crippen LogP) is 3.27. The summed E-state index contributed by atoms with van der Waals surface area (Å²) in [6, 6.07) is 3.32. The lowest BCUT2D eigenvalue weighted by molar-refractivity contribution is 0.0532. The maximum absolute atomic E-state index is 11.7. The Hall–Kier alpha value is -2.35. The lowest BCUT2D eigenvalue weighted by Gasteiger charge is -2.19. The van der Waals surface area contributed by atoms with Crippen molar-refractivity contribution in [1.29, 1.82) is 0 Å². The fourth-order valence-electron chi connectivity index (χ4n) is 2.01. The van der Waals surface area contributed by atoms with E-state index < -0.39 is 17.7 Å². The van der Waals surface area contributed by atoms with E-state index >= 15 is 0 Å². The van der Waals surface area contributed by atoms with E-state index in [1.54, 1.807) is 12.1 Å². The van der Waals surface area contributed by atoms with Gasteiger partial charge in [0.05, 0.1) is 24.0 Å². The van der Waals surface area contributed by atoms with Gasteiger partial charge in [0.1, 0.15) is 5.60 Å². The first kappa shape index (κ1) is 21.7. The Morgan fingerprint density at radius 1 is 1.23 bits per heavy atom. The predicted molar refractivity (Wildman–Crippen MR) is 106 cm³/mol. The average molecular weight is 381 g/mol. The molecule has 0 heterocycles. The zero-order chi connectivity index (χ0) is 19.7. The van der Waals surface area contributed by atoms with Crippen molar-refractivity contribution in [2.24, 2.45) is 0 Å². The second-order valence-electron chi connectivity index (χ2n) is 6.37. The molecule has 7 nitrogen and oxygen atoms in total. The van der Waals surface area contributed by atoms with Crippen LogP contribution >= 0.6 is 11.8 Å². The number of nitrogen functional groups attached to an aromatic ring is 1. The molecule has 0 aliphatic heterocycles. The van der Waals surface area contributed by atoms with Crippen LogP contribution in [0, 0.1) is 0 Å². The number of methoxy groups -OCH3 is 1. The number of esters is 1. The molecular formula is C18H27N3O4S. The summed E-state index contributed by atoms with van der Waals surface area (Å²) in [4.78, 5) is 24.0. The van der Waals surface area contributed by atoms with Crippen LogP contribution < -0.4 is 16.4 Å². The van der Waals surface area contributed by atoms with Crippen molar-refractivity contribution in [2.75, 3.05) is 37.5 Å². The molecule has 1 rings (SSSR count). The number of hydrogen-bond donors (Lipinski definition) is 3. The fourth-order valence-corrected chi connectivity index (χ4v) is 2.65. The maximum atomic E-state index is 11.7. The molecule has 144 valence electrons. The van der Waals surface area contributed by atoms with Gasteiger partial charge < -0.3 is 25.8 Å². The van der Waals surface area contributed by atoms with Crippen molar-refractivity contribution in [3.05, 3.63) is 29.8 Å². The van der Waals surface area contributed by atoms with Crippen LogP contribution in [0.15, 0.2) is 29.2 Å². The van der Waals surface area contributed by atoms with E-state index in [0.717, 1.165) is 10.6 Å². The summed E-state index contributed by atoms with van der Waals surface area (Å²) in [6.07, 6.45) is 5.13. The van der Waals surface area contributed by atoms with Crippen molar-refractivity contribution < 1.29 is 19.1 Å². The second kappa shape index (κ2) is 9.96. The number of rotatable bonds is 7. The molecule has 0 aliphatic carbocycles. The molecule has 1 amide bonds. The van der Waals surface area contributed by atoms with Crippen LogP contribution in [-0.2, 0) is 9.47 Å². The highest BCUT2D eigenvalue weighted by Gasteiger charge is 2.15. The van der Waals surface area contributed by atoms with Gasteiger partial charge in [0.2, 0.25) is 0 Å². The molecule has 0 saturated heterocycles. The van der Waals surface area contributed by atoms with Crippen molar-refractivity contribution in [3.8, 4) is 0 Å². The Balaban J connectivity index is 2.57. The highest BCUT2D eigenvalue weighted by molar-refractivity contribution is 7.98. The van der Waals surface area contributed by atoms with Gasteiger partial charge in [-0.2, -0.15) is 0 Å². The van der Waals surface area contributed by atoms with E-state index in [9.17, 15) is 9.59 Å².